The van der Waals surface area contributed by atoms with Gasteiger partial charge in [-0.3, -0.25) is 9.59 Å². The van der Waals surface area contributed by atoms with Crippen molar-refractivity contribution in [2.45, 2.75) is 31.8 Å². The second kappa shape index (κ2) is 6.41. The van der Waals surface area contributed by atoms with E-state index in [9.17, 15) is 9.59 Å². The summed E-state index contributed by atoms with van der Waals surface area (Å²) in [6.07, 6.45) is 2.40. The topological polar surface area (TPSA) is 114 Å². The zero-order valence-corrected chi connectivity index (χ0v) is 11.9. The molecule has 2 aromatic rings. The lowest BCUT2D eigenvalue weighted by molar-refractivity contribution is -0.123. The lowest BCUT2D eigenvalue weighted by atomic mass is 10.0. The summed E-state index contributed by atoms with van der Waals surface area (Å²) >= 11 is 0. The van der Waals surface area contributed by atoms with E-state index in [4.69, 9.17) is 11.5 Å². The number of carbonyl (C=O) groups excluding carboxylic acids is 2. The molecule has 0 radical (unpaired) electrons. The van der Waals surface area contributed by atoms with E-state index in [0.29, 0.717) is 6.42 Å². The van der Waals surface area contributed by atoms with E-state index in [2.05, 4.69) is 10.3 Å². The Balaban J connectivity index is 1.99. The third kappa shape index (κ3) is 3.82. The van der Waals surface area contributed by atoms with Crippen LogP contribution < -0.4 is 16.8 Å². The van der Waals surface area contributed by atoms with Crippen LogP contribution in [0.3, 0.4) is 0 Å². The van der Waals surface area contributed by atoms with Crippen LogP contribution in [0.4, 0.5) is 0 Å². The van der Waals surface area contributed by atoms with E-state index in [1.165, 1.54) is 0 Å². The van der Waals surface area contributed by atoms with Crippen LogP contribution in [0.25, 0.3) is 10.9 Å². The molecule has 2 rings (SSSR count). The van der Waals surface area contributed by atoms with Crippen molar-refractivity contribution in [1.29, 1.82) is 0 Å². The number of nitrogens with two attached hydrogens (primary N) is 2. The van der Waals surface area contributed by atoms with Gasteiger partial charge in [0.25, 0.3) is 0 Å². The molecule has 6 nitrogen and oxygen atoms in total. The summed E-state index contributed by atoms with van der Waals surface area (Å²) in [5.74, 6) is -0.734. The van der Waals surface area contributed by atoms with Crippen molar-refractivity contribution in [2.75, 3.05) is 0 Å². The highest BCUT2D eigenvalue weighted by molar-refractivity contribution is 5.86. The van der Waals surface area contributed by atoms with Crippen LogP contribution >= 0.6 is 0 Å². The average molecular weight is 288 g/mol. The number of benzene rings is 1. The first-order valence-electron chi connectivity index (χ1n) is 6.86. The van der Waals surface area contributed by atoms with Gasteiger partial charge in [0.1, 0.15) is 0 Å². The predicted octanol–water partition coefficient (Wildman–Crippen LogP) is 0.418. The van der Waals surface area contributed by atoms with Gasteiger partial charge in [0.15, 0.2) is 0 Å². The van der Waals surface area contributed by atoms with E-state index in [1.807, 2.05) is 30.5 Å². The van der Waals surface area contributed by atoms with E-state index >= 15 is 0 Å². The Morgan fingerprint density at radius 1 is 1.33 bits per heavy atom. The quantitative estimate of drug-likeness (QED) is 0.617. The first-order chi connectivity index (χ1) is 9.97. The van der Waals surface area contributed by atoms with E-state index < -0.39 is 11.9 Å². The zero-order valence-electron chi connectivity index (χ0n) is 11.9. The van der Waals surface area contributed by atoms with E-state index in [-0.39, 0.29) is 18.4 Å². The van der Waals surface area contributed by atoms with Gasteiger partial charge in [0.05, 0.1) is 6.04 Å². The van der Waals surface area contributed by atoms with Gasteiger partial charge in [-0.1, -0.05) is 18.2 Å². The molecule has 21 heavy (non-hydrogen) atoms. The molecule has 1 unspecified atom stereocenters. The van der Waals surface area contributed by atoms with Crippen molar-refractivity contribution < 1.29 is 9.59 Å². The molecule has 0 spiro atoms. The molecule has 112 valence electrons. The predicted molar refractivity (Wildman–Crippen MR) is 81.4 cm³/mol. The number of aromatic nitrogens is 1. The van der Waals surface area contributed by atoms with Gasteiger partial charge in [-0.15, -0.1) is 0 Å². The third-order valence-corrected chi connectivity index (χ3v) is 3.35. The SMILES string of the molecule is CC(CC(N)=O)NC(=O)[C@H](N)Cc1c[nH]c2ccccc12. The monoisotopic (exact) mass is 288 g/mol. The number of hydrogen-bond donors (Lipinski definition) is 4. The van der Waals surface area contributed by atoms with Crippen molar-refractivity contribution in [3.63, 3.8) is 0 Å². The number of para-hydroxylation sites is 1. The molecule has 1 aromatic heterocycles. The van der Waals surface area contributed by atoms with Gasteiger partial charge in [0, 0.05) is 29.6 Å². The number of amides is 2. The van der Waals surface area contributed by atoms with Gasteiger partial charge < -0.3 is 21.8 Å². The van der Waals surface area contributed by atoms with Crippen LogP contribution in [0.2, 0.25) is 0 Å². The Labute approximate surface area is 122 Å². The van der Waals surface area contributed by atoms with Crippen LogP contribution in [0.5, 0.6) is 0 Å². The summed E-state index contributed by atoms with van der Waals surface area (Å²) in [5, 5.41) is 3.76. The van der Waals surface area contributed by atoms with E-state index in [1.54, 1.807) is 6.92 Å². The number of fused-ring (bicyclic) bond motifs is 1. The van der Waals surface area contributed by atoms with Crippen molar-refractivity contribution in [3.05, 3.63) is 36.0 Å². The smallest absolute Gasteiger partial charge is 0.237 e. The number of aromatic amines is 1. The van der Waals surface area contributed by atoms with Crippen LogP contribution in [0.1, 0.15) is 18.9 Å². The van der Waals surface area contributed by atoms with Gasteiger partial charge in [0.2, 0.25) is 11.8 Å². The molecule has 0 aliphatic carbocycles. The van der Waals surface area contributed by atoms with E-state index in [0.717, 1.165) is 16.5 Å². The van der Waals surface area contributed by atoms with Crippen LogP contribution in [0.15, 0.2) is 30.5 Å². The highest BCUT2D eigenvalue weighted by atomic mass is 16.2. The normalized spacial score (nSPS) is 13.8. The first-order valence-corrected chi connectivity index (χ1v) is 6.86. The minimum absolute atomic E-state index is 0.103. The molecule has 2 atom stereocenters. The molecule has 6 heteroatoms. The summed E-state index contributed by atoms with van der Waals surface area (Å²) < 4.78 is 0. The highest BCUT2D eigenvalue weighted by Crippen LogP contribution is 2.18. The maximum Gasteiger partial charge on any atom is 0.237 e. The molecule has 0 fully saturated rings. The second-order valence-corrected chi connectivity index (χ2v) is 5.25. The molecule has 0 saturated heterocycles. The highest BCUT2D eigenvalue weighted by Gasteiger charge is 2.18. The molecule has 0 aliphatic heterocycles. The summed E-state index contributed by atoms with van der Waals surface area (Å²) in [7, 11) is 0. The Bertz CT molecular complexity index is 650. The Morgan fingerprint density at radius 3 is 2.76 bits per heavy atom. The van der Waals surface area contributed by atoms with Crippen LogP contribution in [0, 0.1) is 0 Å². The maximum atomic E-state index is 12.0. The van der Waals surface area contributed by atoms with Gasteiger partial charge in [-0.2, -0.15) is 0 Å². The molecule has 2 amide bonds. The number of primary amides is 1. The number of carbonyl (C=O) groups is 2. The number of nitrogens with one attached hydrogen (secondary N) is 2. The Hall–Kier alpha value is -2.34. The minimum Gasteiger partial charge on any atom is -0.370 e. The van der Waals surface area contributed by atoms with Gasteiger partial charge in [-0.25, -0.2) is 0 Å². The van der Waals surface area contributed by atoms with Crippen molar-refractivity contribution in [1.82, 2.24) is 10.3 Å². The molecule has 6 N–H and O–H groups in total. The van der Waals surface area contributed by atoms with Crippen LogP contribution in [-0.4, -0.2) is 28.9 Å². The summed E-state index contributed by atoms with van der Waals surface area (Å²) in [6.45, 7) is 1.72. The fraction of sp³-hybridized carbons (Fsp3) is 0.333. The summed E-state index contributed by atoms with van der Waals surface area (Å²) in [5.41, 5.74) is 13.0. The lowest BCUT2D eigenvalue weighted by Gasteiger charge is -2.16. The van der Waals surface area contributed by atoms with Crippen LogP contribution in [-0.2, 0) is 16.0 Å². The summed E-state index contributed by atoms with van der Waals surface area (Å²) in [4.78, 5) is 25.9. The molecule has 1 aromatic carbocycles. The number of rotatable bonds is 6. The maximum absolute atomic E-state index is 12.0. The molecule has 0 aliphatic rings. The molecule has 0 bridgehead atoms. The minimum atomic E-state index is -0.667. The molecular formula is C15H20N4O2. The van der Waals surface area contributed by atoms with Crippen molar-refractivity contribution >= 4 is 22.7 Å². The zero-order chi connectivity index (χ0) is 15.4. The third-order valence-electron chi connectivity index (χ3n) is 3.35. The first kappa shape index (κ1) is 15.1. The molecular weight excluding hydrogens is 268 g/mol. The van der Waals surface area contributed by atoms with Crippen molar-refractivity contribution in [2.24, 2.45) is 11.5 Å². The Morgan fingerprint density at radius 2 is 2.05 bits per heavy atom. The van der Waals surface area contributed by atoms with Gasteiger partial charge in [-0.05, 0) is 25.0 Å². The molecule has 0 saturated carbocycles. The van der Waals surface area contributed by atoms with Crippen molar-refractivity contribution in [3.8, 4) is 0 Å². The summed E-state index contributed by atoms with van der Waals surface area (Å²) in [6, 6.07) is 6.87. The Kier molecular flexibility index (Phi) is 4.59. The van der Waals surface area contributed by atoms with Gasteiger partial charge >= 0.3 is 0 Å². The fourth-order valence-electron chi connectivity index (χ4n) is 2.33. The number of H-pyrrole nitrogens is 1. The number of hydrogen-bond acceptors (Lipinski definition) is 3. The average Bonchev–Trinajstić information content (AvgIpc) is 2.81. The largest absolute Gasteiger partial charge is 0.370 e. The fourth-order valence-corrected chi connectivity index (χ4v) is 2.33. The standard InChI is InChI=1S/C15H20N4O2/c1-9(6-14(17)20)19-15(21)12(16)7-10-8-18-13-5-3-2-4-11(10)13/h2-5,8-9,12,18H,6-7,16H2,1H3,(H2,17,20)(H,19,21)/t9?,12-/m1/s1. The lowest BCUT2D eigenvalue weighted by Crippen LogP contribution is -2.46. The second-order valence-electron chi connectivity index (χ2n) is 5.25. The molecule has 1 heterocycles.